The Morgan fingerprint density at radius 1 is 1.26 bits per heavy atom. The number of aliphatic imine (C=N–C) groups is 1. The van der Waals surface area contributed by atoms with Crippen LogP contribution in [0.5, 0.6) is 0 Å². The molecule has 126 valence electrons. The number of sulfonamides is 1. The molecule has 0 saturated heterocycles. The first-order chi connectivity index (χ1) is 10.8. The van der Waals surface area contributed by atoms with Crippen molar-refractivity contribution in [3.63, 3.8) is 0 Å². The zero-order chi connectivity index (χ0) is 18.0. The van der Waals surface area contributed by atoms with Crippen LogP contribution in [0.3, 0.4) is 0 Å². The molecule has 1 rings (SSSR count). The third kappa shape index (κ3) is 5.53. The number of hydrogen-bond acceptors (Lipinski definition) is 3. The van der Waals surface area contributed by atoms with E-state index < -0.39 is 10.0 Å². The molecule has 0 amide bonds. The second kappa shape index (κ2) is 9.79. The third-order valence-electron chi connectivity index (χ3n) is 2.59. The number of allylic oxidation sites excluding steroid dienone is 5. The fourth-order valence-corrected chi connectivity index (χ4v) is 2.84. The summed E-state index contributed by atoms with van der Waals surface area (Å²) in [6.45, 7) is 17.0. The summed E-state index contributed by atoms with van der Waals surface area (Å²) in [4.78, 5) is 4.23. The van der Waals surface area contributed by atoms with E-state index >= 15 is 0 Å². The van der Waals surface area contributed by atoms with Gasteiger partial charge in [0.25, 0.3) is 10.0 Å². The van der Waals surface area contributed by atoms with Crippen molar-refractivity contribution in [2.24, 2.45) is 4.99 Å². The van der Waals surface area contributed by atoms with Crippen LogP contribution in [0.1, 0.15) is 34.6 Å². The van der Waals surface area contributed by atoms with E-state index in [-0.39, 0.29) is 10.7 Å². The van der Waals surface area contributed by atoms with Crippen molar-refractivity contribution in [2.75, 3.05) is 0 Å². The molecule has 23 heavy (non-hydrogen) atoms. The molecule has 0 unspecified atom stereocenters. The predicted octanol–water partition coefficient (Wildman–Crippen LogP) is 4.70. The average molecular weight is 334 g/mol. The van der Waals surface area contributed by atoms with E-state index in [2.05, 4.69) is 18.2 Å². The van der Waals surface area contributed by atoms with E-state index in [1.54, 1.807) is 25.2 Å². The lowest BCUT2D eigenvalue weighted by Gasteiger charge is -2.18. The molecule has 0 saturated carbocycles. The van der Waals surface area contributed by atoms with Crippen LogP contribution >= 0.6 is 0 Å². The molecule has 0 atom stereocenters. The standard InChI is InChI=1S/C16H20N2O2S.C2H6/c1-6-11-17-16-14(5)10-12-18(16)21(19,20)15(7-2)9-8-13(3)4;1-2/h6-12H,2,5H2,1,3-4H3;1-2H3/b11-6-,15-9+,17-16?;. The molecule has 4 nitrogen and oxygen atoms in total. The maximum atomic E-state index is 12.7. The van der Waals surface area contributed by atoms with Gasteiger partial charge in [0, 0.05) is 18.0 Å². The first kappa shape index (κ1) is 20.9. The molecule has 1 aliphatic rings. The first-order valence-electron chi connectivity index (χ1n) is 7.43. The van der Waals surface area contributed by atoms with Gasteiger partial charge >= 0.3 is 0 Å². The highest BCUT2D eigenvalue weighted by molar-refractivity contribution is 7.93. The summed E-state index contributed by atoms with van der Waals surface area (Å²) in [5, 5.41) is 0. The lowest BCUT2D eigenvalue weighted by atomic mass is 10.3. The molecule has 5 heteroatoms. The second-order valence-corrected chi connectivity index (χ2v) is 6.41. The van der Waals surface area contributed by atoms with E-state index in [0.29, 0.717) is 5.57 Å². The van der Waals surface area contributed by atoms with Crippen molar-refractivity contribution in [2.45, 2.75) is 34.6 Å². The van der Waals surface area contributed by atoms with Gasteiger partial charge in [0.05, 0.1) is 4.91 Å². The third-order valence-corrected chi connectivity index (χ3v) is 4.30. The van der Waals surface area contributed by atoms with Gasteiger partial charge in [0.2, 0.25) is 0 Å². The number of hydrogen-bond donors (Lipinski definition) is 0. The summed E-state index contributed by atoms with van der Waals surface area (Å²) in [5.74, 6) is 0.290. The summed E-state index contributed by atoms with van der Waals surface area (Å²) in [6, 6.07) is 0. The number of amidine groups is 1. The van der Waals surface area contributed by atoms with Crippen molar-refractivity contribution in [1.29, 1.82) is 0 Å². The highest BCUT2D eigenvalue weighted by atomic mass is 32.2. The maximum absolute atomic E-state index is 12.7. The molecule has 0 fully saturated rings. The molecular weight excluding hydrogens is 308 g/mol. The van der Waals surface area contributed by atoms with Crippen LogP contribution in [-0.2, 0) is 10.0 Å². The van der Waals surface area contributed by atoms with Crippen molar-refractivity contribution < 1.29 is 8.42 Å². The van der Waals surface area contributed by atoms with Gasteiger partial charge in [-0.25, -0.2) is 17.7 Å². The van der Waals surface area contributed by atoms with Gasteiger partial charge in [-0.15, -0.1) is 0 Å². The second-order valence-electron chi connectivity index (χ2n) is 4.59. The first-order valence-corrected chi connectivity index (χ1v) is 8.87. The predicted molar refractivity (Wildman–Crippen MR) is 100 cm³/mol. The molecule has 0 aliphatic carbocycles. The van der Waals surface area contributed by atoms with Gasteiger partial charge in [-0.2, -0.15) is 0 Å². The fourth-order valence-electron chi connectivity index (χ4n) is 1.54. The molecule has 0 N–H and O–H groups in total. The molecule has 0 aromatic rings. The zero-order valence-electron chi connectivity index (χ0n) is 14.6. The van der Waals surface area contributed by atoms with E-state index in [1.165, 1.54) is 24.6 Å². The highest BCUT2D eigenvalue weighted by Gasteiger charge is 2.30. The van der Waals surface area contributed by atoms with Gasteiger partial charge < -0.3 is 0 Å². The van der Waals surface area contributed by atoms with Crippen LogP contribution < -0.4 is 0 Å². The minimum absolute atomic E-state index is 0.108. The average Bonchev–Trinajstić information content (AvgIpc) is 2.89. The Labute approximate surface area is 140 Å². The molecular formula is C18H26N2O2S. The van der Waals surface area contributed by atoms with Crippen LogP contribution in [0.4, 0.5) is 0 Å². The zero-order valence-corrected chi connectivity index (χ0v) is 15.4. The largest absolute Gasteiger partial charge is 0.269 e. The van der Waals surface area contributed by atoms with Crippen LogP contribution in [0.25, 0.3) is 0 Å². The molecule has 1 aliphatic heterocycles. The minimum Gasteiger partial charge on any atom is -0.238 e. The van der Waals surface area contributed by atoms with E-state index in [9.17, 15) is 8.42 Å². The van der Waals surface area contributed by atoms with Crippen LogP contribution in [0.2, 0.25) is 0 Å². The van der Waals surface area contributed by atoms with Crippen molar-refractivity contribution in [3.05, 3.63) is 72.0 Å². The van der Waals surface area contributed by atoms with Crippen LogP contribution in [0.15, 0.2) is 77.0 Å². The fraction of sp³-hybridized carbons (Fsp3) is 0.278. The van der Waals surface area contributed by atoms with Crippen molar-refractivity contribution >= 4 is 15.9 Å². The van der Waals surface area contributed by atoms with Crippen LogP contribution in [-0.4, -0.2) is 18.6 Å². The molecule has 0 bridgehead atoms. The molecule has 0 radical (unpaired) electrons. The van der Waals surface area contributed by atoms with E-state index in [0.717, 1.165) is 9.88 Å². The van der Waals surface area contributed by atoms with Gasteiger partial charge in [0.15, 0.2) is 5.84 Å². The van der Waals surface area contributed by atoms with Gasteiger partial charge in [0.1, 0.15) is 0 Å². The molecule has 0 spiro atoms. The van der Waals surface area contributed by atoms with E-state index in [1.807, 2.05) is 27.7 Å². The number of rotatable bonds is 5. The van der Waals surface area contributed by atoms with Gasteiger partial charge in [-0.1, -0.05) is 44.7 Å². The summed E-state index contributed by atoms with van der Waals surface area (Å²) >= 11 is 0. The summed E-state index contributed by atoms with van der Waals surface area (Å²) in [7, 11) is -3.74. The Morgan fingerprint density at radius 2 is 1.87 bits per heavy atom. The Hall–Kier alpha value is -2.14. The maximum Gasteiger partial charge on any atom is 0.269 e. The monoisotopic (exact) mass is 334 g/mol. The molecule has 0 aromatic heterocycles. The molecule has 1 heterocycles. The lowest BCUT2D eigenvalue weighted by Crippen LogP contribution is -2.30. The van der Waals surface area contributed by atoms with Crippen LogP contribution in [0, 0.1) is 0 Å². The summed E-state index contributed by atoms with van der Waals surface area (Å²) < 4.78 is 26.4. The van der Waals surface area contributed by atoms with E-state index in [4.69, 9.17) is 0 Å². The molecule has 0 aromatic carbocycles. The SMILES string of the molecule is C=C/C(=C\C=C(C)C)S(=O)(=O)N1C=CC(=C)C1=N/C=C\C.CC. The Kier molecular flexibility index (Phi) is 8.88. The Bertz CT molecular complexity index is 687. The van der Waals surface area contributed by atoms with Gasteiger partial charge in [-0.3, -0.25) is 0 Å². The van der Waals surface area contributed by atoms with Crippen molar-refractivity contribution in [1.82, 2.24) is 4.31 Å². The topological polar surface area (TPSA) is 49.7 Å². The summed E-state index contributed by atoms with van der Waals surface area (Å²) in [6.07, 6.45) is 10.9. The summed E-state index contributed by atoms with van der Waals surface area (Å²) in [5.41, 5.74) is 1.54. The minimum atomic E-state index is -3.74. The normalized spacial score (nSPS) is 16.6. The smallest absolute Gasteiger partial charge is 0.238 e. The Morgan fingerprint density at radius 3 is 2.35 bits per heavy atom. The lowest BCUT2D eigenvalue weighted by molar-refractivity contribution is 0.572. The van der Waals surface area contributed by atoms with Crippen molar-refractivity contribution in [3.8, 4) is 0 Å². The Balaban J connectivity index is 0.00000232. The van der Waals surface area contributed by atoms with Gasteiger partial charge in [-0.05, 0) is 39.0 Å². The highest BCUT2D eigenvalue weighted by Crippen LogP contribution is 2.23. The number of nitrogens with zero attached hydrogens (tertiary/aromatic N) is 2. The quantitative estimate of drug-likeness (QED) is 0.684.